The maximum atomic E-state index is 13.8. The summed E-state index contributed by atoms with van der Waals surface area (Å²) in [4.78, 5) is 10.5. The largest absolute Gasteiger partial charge is 0.339 e. The van der Waals surface area contributed by atoms with Crippen molar-refractivity contribution in [1.29, 1.82) is 0 Å². The second-order valence-electron chi connectivity index (χ2n) is 6.13. The van der Waals surface area contributed by atoms with Crippen LogP contribution in [0, 0.1) is 11.6 Å². The van der Waals surface area contributed by atoms with Gasteiger partial charge in [0.1, 0.15) is 0 Å². The Labute approximate surface area is 143 Å². The van der Waals surface area contributed by atoms with Crippen molar-refractivity contribution >= 4 is 0 Å². The normalized spacial score (nSPS) is 17.9. The van der Waals surface area contributed by atoms with Gasteiger partial charge in [0.15, 0.2) is 11.6 Å². The SMILES string of the molecule is Fc1cccc(CN2CC[C@@H](c3nc(-c4ccncc4)no3)C2)c1F. The third-order valence-electron chi connectivity index (χ3n) is 4.43. The number of rotatable bonds is 4. The Morgan fingerprint density at radius 2 is 2.00 bits per heavy atom. The molecular formula is C18H16F2N4O. The molecule has 0 amide bonds. The number of hydrogen-bond donors (Lipinski definition) is 0. The minimum atomic E-state index is -0.813. The highest BCUT2D eigenvalue weighted by Gasteiger charge is 2.29. The zero-order valence-electron chi connectivity index (χ0n) is 13.4. The third kappa shape index (κ3) is 3.28. The van der Waals surface area contributed by atoms with E-state index in [0.29, 0.717) is 30.4 Å². The monoisotopic (exact) mass is 342 g/mol. The van der Waals surface area contributed by atoms with Gasteiger partial charge in [0.05, 0.1) is 5.92 Å². The van der Waals surface area contributed by atoms with Crippen molar-refractivity contribution in [3.05, 3.63) is 65.8 Å². The van der Waals surface area contributed by atoms with Crippen LogP contribution in [0.4, 0.5) is 8.78 Å². The molecule has 1 saturated heterocycles. The van der Waals surface area contributed by atoms with Crippen LogP contribution in [-0.2, 0) is 6.54 Å². The van der Waals surface area contributed by atoms with E-state index in [-0.39, 0.29) is 5.92 Å². The molecule has 5 nitrogen and oxygen atoms in total. The molecule has 0 spiro atoms. The minimum Gasteiger partial charge on any atom is -0.339 e. The first kappa shape index (κ1) is 15.8. The molecule has 3 heterocycles. The summed E-state index contributed by atoms with van der Waals surface area (Å²) in [7, 11) is 0. The van der Waals surface area contributed by atoms with Gasteiger partial charge in [0, 0.05) is 36.6 Å². The Balaban J connectivity index is 1.44. The number of pyridine rings is 1. The molecule has 7 heteroatoms. The van der Waals surface area contributed by atoms with Crippen LogP contribution in [0.25, 0.3) is 11.4 Å². The Hall–Kier alpha value is -2.67. The van der Waals surface area contributed by atoms with E-state index in [4.69, 9.17) is 4.52 Å². The molecule has 0 aliphatic carbocycles. The van der Waals surface area contributed by atoms with Crippen molar-refractivity contribution < 1.29 is 13.3 Å². The molecule has 2 aromatic heterocycles. The first-order chi connectivity index (χ1) is 12.2. The average molecular weight is 342 g/mol. The fourth-order valence-corrected chi connectivity index (χ4v) is 3.11. The molecule has 1 aliphatic rings. The van der Waals surface area contributed by atoms with E-state index < -0.39 is 11.6 Å². The highest BCUT2D eigenvalue weighted by molar-refractivity contribution is 5.52. The molecule has 0 bridgehead atoms. The van der Waals surface area contributed by atoms with E-state index in [9.17, 15) is 8.78 Å². The molecule has 0 unspecified atom stereocenters. The second kappa shape index (κ2) is 6.68. The summed E-state index contributed by atoms with van der Waals surface area (Å²) in [5, 5.41) is 4.02. The minimum absolute atomic E-state index is 0.0970. The van der Waals surface area contributed by atoms with Gasteiger partial charge in [-0.3, -0.25) is 9.88 Å². The van der Waals surface area contributed by atoms with Gasteiger partial charge in [0.25, 0.3) is 0 Å². The van der Waals surface area contributed by atoms with E-state index in [1.54, 1.807) is 18.5 Å². The van der Waals surface area contributed by atoms with E-state index in [0.717, 1.165) is 24.6 Å². The van der Waals surface area contributed by atoms with Crippen molar-refractivity contribution in [1.82, 2.24) is 20.0 Å². The number of halogens is 2. The number of likely N-dealkylation sites (tertiary alicyclic amines) is 1. The number of benzene rings is 1. The van der Waals surface area contributed by atoms with Crippen LogP contribution in [0.15, 0.2) is 47.2 Å². The van der Waals surface area contributed by atoms with E-state index in [1.807, 2.05) is 12.1 Å². The van der Waals surface area contributed by atoms with Crippen LogP contribution in [0.2, 0.25) is 0 Å². The molecule has 3 aromatic rings. The molecule has 0 radical (unpaired) electrons. The van der Waals surface area contributed by atoms with Crippen LogP contribution >= 0.6 is 0 Å². The van der Waals surface area contributed by atoms with E-state index in [2.05, 4.69) is 20.0 Å². The number of hydrogen-bond acceptors (Lipinski definition) is 5. The lowest BCUT2D eigenvalue weighted by Gasteiger charge is -2.15. The lowest BCUT2D eigenvalue weighted by Crippen LogP contribution is -2.20. The van der Waals surface area contributed by atoms with Crippen molar-refractivity contribution in [3.8, 4) is 11.4 Å². The Morgan fingerprint density at radius 3 is 2.84 bits per heavy atom. The molecule has 25 heavy (non-hydrogen) atoms. The lowest BCUT2D eigenvalue weighted by atomic mass is 10.1. The van der Waals surface area contributed by atoms with Gasteiger partial charge in [-0.05, 0) is 31.2 Å². The van der Waals surface area contributed by atoms with Crippen LogP contribution in [0.3, 0.4) is 0 Å². The third-order valence-corrected chi connectivity index (χ3v) is 4.43. The predicted octanol–water partition coefficient (Wildman–Crippen LogP) is 3.40. The second-order valence-corrected chi connectivity index (χ2v) is 6.13. The molecule has 1 fully saturated rings. The van der Waals surface area contributed by atoms with E-state index >= 15 is 0 Å². The zero-order chi connectivity index (χ0) is 17.2. The molecule has 1 aromatic carbocycles. The fraction of sp³-hybridized carbons (Fsp3) is 0.278. The molecular weight excluding hydrogens is 326 g/mol. The van der Waals surface area contributed by atoms with Gasteiger partial charge in [-0.25, -0.2) is 8.78 Å². The highest BCUT2D eigenvalue weighted by Crippen LogP contribution is 2.29. The van der Waals surface area contributed by atoms with Gasteiger partial charge in [-0.2, -0.15) is 4.98 Å². The lowest BCUT2D eigenvalue weighted by molar-refractivity contribution is 0.303. The van der Waals surface area contributed by atoms with E-state index in [1.165, 1.54) is 6.07 Å². The molecule has 128 valence electrons. The van der Waals surface area contributed by atoms with Gasteiger partial charge in [-0.15, -0.1) is 0 Å². The maximum absolute atomic E-state index is 13.8. The summed E-state index contributed by atoms with van der Waals surface area (Å²) in [5.41, 5.74) is 1.21. The average Bonchev–Trinajstić information content (AvgIpc) is 3.29. The van der Waals surface area contributed by atoms with Gasteiger partial charge >= 0.3 is 0 Å². The molecule has 1 atom stereocenters. The summed E-state index contributed by atoms with van der Waals surface area (Å²) < 4.78 is 32.5. The first-order valence-electron chi connectivity index (χ1n) is 8.10. The van der Waals surface area contributed by atoms with Gasteiger partial charge in [0.2, 0.25) is 11.7 Å². The Morgan fingerprint density at radius 1 is 1.16 bits per heavy atom. The number of aromatic nitrogens is 3. The smallest absolute Gasteiger partial charge is 0.231 e. The van der Waals surface area contributed by atoms with Crippen LogP contribution < -0.4 is 0 Å². The fourth-order valence-electron chi connectivity index (χ4n) is 3.11. The van der Waals surface area contributed by atoms with Crippen LogP contribution in [-0.4, -0.2) is 33.1 Å². The van der Waals surface area contributed by atoms with Crippen molar-refractivity contribution in [2.75, 3.05) is 13.1 Å². The first-order valence-corrected chi connectivity index (χ1v) is 8.10. The zero-order valence-corrected chi connectivity index (χ0v) is 13.4. The van der Waals surface area contributed by atoms with Crippen LogP contribution in [0.1, 0.15) is 23.8 Å². The predicted molar refractivity (Wildman–Crippen MR) is 86.5 cm³/mol. The quantitative estimate of drug-likeness (QED) is 0.727. The highest BCUT2D eigenvalue weighted by atomic mass is 19.2. The molecule has 4 rings (SSSR count). The van der Waals surface area contributed by atoms with Crippen LogP contribution in [0.5, 0.6) is 0 Å². The summed E-state index contributed by atoms with van der Waals surface area (Å²) in [5.74, 6) is -0.378. The summed E-state index contributed by atoms with van der Waals surface area (Å²) in [6.45, 7) is 1.81. The standard InChI is InChI=1S/C18H16F2N4O/c19-15-3-1-2-13(16(15)20)10-24-9-6-14(11-24)18-22-17(23-25-18)12-4-7-21-8-5-12/h1-5,7-8,14H,6,9-11H2/t14-/m1/s1. The molecule has 0 N–H and O–H groups in total. The van der Waals surface area contributed by atoms with Crippen molar-refractivity contribution in [3.63, 3.8) is 0 Å². The Kier molecular flexibility index (Phi) is 4.23. The summed E-state index contributed by atoms with van der Waals surface area (Å²) in [6.07, 6.45) is 4.20. The molecule has 1 aliphatic heterocycles. The summed E-state index contributed by atoms with van der Waals surface area (Å²) >= 11 is 0. The van der Waals surface area contributed by atoms with Crippen molar-refractivity contribution in [2.24, 2.45) is 0 Å². The number of nitrogens with zero attached hydrogens (tertiary/aromatic N) is 4. The van der Waals surface area contributed by atoms with Gasteiger partial charge < -0.3 is 4.52 Å². The van der Waals surface area contributed by atoms with Gasteiger partial charge in [-0.1, -0.05) is 17.3 Å². The topological polar surface area (TPSA) is 55.1 Å². The Bertz CT molecular complexity index is 869. The maximum Gasteiger partial charge on any atom is 0.231 e. The molecule has 0 saturated carbocycles. The summed E-state index contributed by atoms with van der Waals surface area (Å²) in [6, 6.07) is 7.91. The van der Waals surface area contributed by atoms with Crippen molar-refractivity contribution in [2.45, 2.75) is 18.9 Å².